The van der Waals surface area contributed by atoms with Crippen molar-refractivity contribution in [3.8, 4) is 0 Å². The minimum absolute atomic E-state index is 0.112. The first kappa shape index (κ1) is 20.1. The molecule has 1 aliphatic carbocycles. The summed E-state index contributed by atoms with van der Waals surface area (Å²) < 4.78 is 19.4. The lowest BCUT2D eigenvalue weighted by Crippen LogP contribution is -2.43. The van der Waals surface area contributed by atoms with Crippen LogP contribution in [0.4, 0.5) is 4.39 Å². The molecule has 1 amide bonds. The second-order valence-corrected chi connectivity index (χ2v) is 8.32. The maximum absolute atomic E-state index is 13.9. The Kier molecular flexibility index (Phi) is 5.66. The average Bonchev–Trinajstić information content (AvgIpc) is 3.65. The Hall–Kier alpha value is -2.83. The summed E-state index contributed by atoms with van der Waals surface area (Å²) >= 11 is 0. The smallest absolute Gasteiger partial charge is 0.252 e. The Labute approximate surface area is 181 Å². The number of halogens is 1. The number of para-hydroxylation sites is 1. The molecular weight excluding hydrogens is 393 g/mol. The molecule has 2 heterocycles. The van der Waals surface area contributed by atoms with Gasteiger partial charge in [-0.15, -0.1) is 0 Å². The van der Waals surface area contributed by atoms with Gasteiger partial charge in [-0.1, -0.05) is 30.3 Å². The maximum Gasteiger partial charge on any atom is 0.252 e. The highest BCUT2D eigenvalue weighted by molar-refractivity contribution is 6.06. The molecule has 6 heteroatoms. The Morgan fingerprint density at radius 1 is 1.13 bits per heavy atom. The Morgan fingerprint density at radius 2 is 1.94 bits per heavy atom. The quantitative estimate of drug-likeness (QED) is 0.655. The third-order valence-electron chi connectivity index (χ3n) is 6.15. The zero-order valence-corrected chi connectivity index (χ0v) is 17.4. The fourth-order valence-corrected chi connectivity index (χ4v) is 4.32. The molecule has 2 aliphatic rings. The van der Waals surface area contributed by atoms with Crippen molar-refractivity contribution in [2.45, 2.75) is 24.8 Å². The van der Waals surface area contributed by atoms with Gasteiger partial charge in [0, 0.05) is 36.6 Å². The highest BCUT2D eigenvalue weighted by Gasteiger charge is 2.28. The minimum atomic E-state index is -0.267. The summed E-state index contributed by atoms with van der Waals surface area (Å²) in [6.45, 7) is 3.18. The lowest BCUT2D eigenvalue weighted by Gasteiger charge is -2.35. The number of hydrogen-bond donors (Lipinski definition) is 1. The van der Waals surface area contributed by atoms with E-state index in [-0.39, 0.29) is 17.8 Å². The zero-order valence-electron chi connectivity index (χ0n) is 17.4. The van der Waals surface area contributed by atoms with Crippen LogP contribution in [-0.2, 0) is 4.74 Å². The molecule has 1 aromatic heterocycles. The van der Waals surface area contributed by atoms with Crippen LogP contribution in [0.15, 0.2) is 54.6 Å². The summed E-state index contributed by atoms with van der Waals surface area (Å²) in [7, 11) is 0. The molecule has 1 saturated heterocycles. The molecule has 160 valence electrons. The second kappa shape index (κ2) is 8.73. The van der Waals surface area contributed by atoms with Gasteiger partial charge in [0.1, 0.15) is 5.82 Å². The van der Waals surface area contributed by atoms with E-state index in [0.29, 0.717) is 31.2 Å². The molecule has 1 aliphatic heterocycles. The van der Waals surface area contributed by atoms with Crippen molar-refractivity contribution in [1.29, 1.82) is 0 Å². The molecule has 2 aromatic carbocycles. The van der Waals surface area contributed by atoms with Crippen LogP contribution in [0.2, 0.25) is 0 Å². The molecule has 2 fully saturated rings. The highest BCUT2D eigenvalue weighted by atomic mass is 19.1. The molecule has 0 spiro atoms. The molecule has 1 unspecified atom stereocenters. The summed E-state index contributed by atoms with van der Waals surface area (Å²) in [5, 5.41) is 3.98. The number of nitrogens with one attached hydrogen (secondary N) is 1. The van der Waals surface area contributed by atoms with Crippen molar-refractivity contribution in [3.63, 3.8) is 0 Å². The van der Waals surface area contributed by atoms with Crippen LogP contribution in [0.25, 0.3) is 10.9 Å². The van der Waals surface area contributed by atoms with Gasteiger partial charge < -0.3 is 10.1 Å². The summed E-state index contributed by atoms with van der Waals surface area (Å²) in [5.41, 5.74) is 3.37. The molecular formula is C25H26FN3O2. The first-order valence-electron chi connectivity index (χ1n) is 10.9. The Morgan fingerprint density at radius 3 is 2.71 bits per heavy atom. The van der Waals surface area contributed by atoms with Crippen molar-refractivity contribution < 1.29 is 13.9 Å². The SMILES string of the molecule is O=C(NCC(c1cccc(F)c1)N1CCOCC1)c1cc(C2CC2)nc2ccccc12. The van der Waals surface area contributed by atoms with Crippen LogP contribution in [0.5, 0.6) is 0 Å². The van der Waals surface area contributed by atoms with Crippen LogP contribution in [0.1, 0.15) is 46.4 Å². The van der Waals surface area contributed by atoms with E-state index in [4.69, 9.17) is 9.72 Å². The summed E-state index contributed by atoms with van der Waals surface area (Å²) in [6.07, 6.45) is 2.26. The van der Waals surface area contributed by atoms with Crippen molar-refractivity contribution in [2.24, 2.45) is 0 Å². The van der Waals surface area contributed by atoms with Crippen molar-refractivity contribution in [3.05, 3.63) is 77.2 Å². The molecule has 0 bridgehead atoms. The van der Waals surface area contributed by atoms with Gasteiger partial charge in [-0.05, 0) is 42.7 Å². The number of aromatic nitrogens is 1. The van der Waals surface area contributed by atoms with E-state index in [1.165, 1.54) is 6.07 Å². The van der Waals surface area contributed by atoms with Crippen LogP contribution in [0.3, 0.4) is 0 Å². The van der Waals surface area contributed by atoms with Gasteiger partial charge in [0.15, 0.2) is 0 Å². The lowest BCUT2D eigenvalue weighted by molar-refractivity contribution is 0.0162. The van der Waals surface area contributed by atoms with Crippen LogP contribution >= 0.6 is 0 Å². The molecule has 5 nitrogen and oxygen atoms in total. The van der Waals surface area contributed by atoms with Gasteiger partial charge in [0.2, 0.25) is 0 Å². The number of fused-ring (bicyclic) bond motifs is 1. The number of hydrogen-bond acceptors (Lipinski definition) is 4. The van der Waals surface area contributed by atoms with E-state index < -0.39 is 0 Å². The van der Waals surface area contributed by atoms with Crippen molar-refractivity contribution >= 4 is 16.8 Å². The minimum Gasteiger partial charge on any atom is -0.379 e. The van der Waals surface area contributed by atoms with Gasteiger partial charge in [-0.3, -0.25) is 14.7 Å². The Balaban J connectivity index is 1.41. The van der Waals surface area contributed by atoms with Gasteiger partial charge in [-0.2, -0.15) is 0 Å². The summed E-state index contributed by atoms with van der Waals surface area (Å²) in [6, 6.07) is 16.3. The van der Waals surface area contributed by atoms with Gasteiger partial charge in [-0.25, -0.2) is 4.39 Å². The molecule has 0 radical (unpaired) electrons. The standard InChI is InChI=1S/C25H26FN3O2/c26-19-5-3-4-18(14-19)24(29-10-12-31-13-11-29)16-27-25(30)21-15-23(17-8-9-17)28-22-7-2-1-6-20(21)22/h1-7,14-15,17,24H,8-13,16H2,(H,27,30). The number of carbonyl (C=O) groups is 1. The van der Waals surface area contributed by atoms with Gasteiger partial charge in [0.25, 0.3) is 5.91 Å². The molecule has 1 N–H and O–H groups in total. The van der Waals surface area contributed by atoms with E-state index >= 15 is 0 Å². The predicted octanol–water partition coefficient (Wildman–Crippen LogP) is 4.05. The number of ether oxygens (including phenoxy) is 1. The van der Waals surface area contributed by atoms with E-state index in [0.717, 1.165) is 48.1 Å². The predicted molar refractivity (Wildman–Crippen MR) is 118 cm³/mol. The zero-order chi connectivity index (χ0) is 21.2. The van der Waals surface area contributed by atoms with Crippen LogP contribution in [-0.4, -0.2) is 48.6 Å². The van der Waals surface area contributed by atoms with Gasteiger partial charge in [0.05, 0.1) is 30.3 Å². The fraction of sp³-hybridized carbons (Fsp3) is 0.360. The number of rotatable bonds is 6. The normalized spacial score (nSPS) is 18.1. The maximum atomic E-state index is 13.9. The number of morpholine rings is 1. The Bertz CT molecular complexity index is 1090. The number of carbonyl (C=O) groups excluding carboxylic acids is 1. The van der Waals surface area contributed by atoms with Gasteiger partial charge >= 0.3 is 0 Å². The highest BCUT2D eigenvalue weighted by Crippen LogP contribution is 2.40. The number of pyridine rings is 1. The van der Waals surface area contributed by atoms with E-state index in [1.54, 1.807) is 12.1 Å². The summed E-state index contributed by atoms with van der Waals surface area (Å²) in [4.78, 5) is 20.3. The third kappa shape index (κ3) is 4.45. The van der Waals surface area contributed by atoms with Crippen molar-refractivity contribution in [2.75, 3.05) is 32.8 Å². The number of amides is 1. The van der Waals surface area contributed by atoms with E-state index in [2.05, 4.69) is 10.2 Å². The van der Waals surface area contributed by atoms with Crippen LogP contribution < -0.4 is 5.32 Å². The lowest BCUT2D eigenvalue weighted by atomic mass is 10.0. The fourth-order valence-electron chi connectivity index (χ4n) is 4.32. The van der Waals surface area contributed by atoms with E-state index in [1.807, 2.05) is 36.4 Å². The third-order valence-corrected chi connectivity index (χ3v) is 6.15. The average molecular weight is 420 g/mol. The molecule has 31 heavy (non-hydrogen) atoms. The monoisotopic (exact) mass is 419 g/mol. The number of nitrogens with zero attached hydrogens (tertiary/aromatic N) is 2. The van der Waals surface area contributed by atoms with Crippen LogP contribution in [0, 0.1) is 5.82 Å². The summed E-state index contributed by atoms with van der Waals surface area (Å²) in [5.74, 6) is 0.0796. The topological polar surface area (TPSA) is 54.5 Å². The molecule has 5 rings (SSSR count). The molecule has 1 atom stereocenters. The number of benzene rings is 2. The van der Waals surface area contributed by atoms with Crippen molar-refractivity contribution in [1.82, 2.24) is 15.2 Å². The second-order valence-electron chi connectivity index (χ2n) is 8.32. The van der Waals surface area contributed by atoms with E-state index in [9.17, 15) is 9.18 Å². The first-order valence-corrected chi connectivity index (χ1v) is 10.9. The first-order chi connectivity index (χ1) is 15.2. The largest absolute Gasteiger partial charge is 0.379 e. The molecule has 1 saturated carbocycles. The molecule has 3 aromatic rings.